The first-order chi connectivity index (χ1) is 13.5. The lowest BCUT2D eigenvalue weighted by atomic mass is 10.1. The Morgan fingerprint density at radius 1 is 1.07 bits per heavy atom. The third kappa shape index (κ3) is 5.70. The topological polar surface area (TPSA) is 71.5 Å². The molecule has 1 aromatic heterocycles. The molecule has 0 saturated heterocycles. The van der Waals surface area contributed by atoms with E-state index in [1.807, 2.05) is 12.1 Å². The van der Waals surface area contributed by atoms with Crippen LogP contribution in [-0.2, 0) is 6.42 Å². The number of ether oxygens (including phenoxy) is 1. The summed E-state index contributed by atoms with van der Waals surface area (Å²) in [5.41, 5.74) is 1.32. The number of amides is 1. The molecule has 0 aliphatic rings. The maximum Gasteiger partial charge on any atom is 0.251 e. The number of aliphatic hydroxyl groups excluding tert-OH is 1. The number of aliphatic hydroxyl groups is 1. The first kappa shape index (κ1) is 20.1. The number of pyridine rings is 1. The van der Waals surface area contributed by atoms with Crippen LogP contribution in [0.1, 0.15) is 15.9 Å². The molecule has 1 heterocycles. The number of nitrogens with one attached hydrogen (secondary N) is 1. The Bertz CT molecular complexity index is 934. The van der Waals surface area contributed by atoms with E-state index in [2.05, 4.69) is 10.3 Å². The lowest BCUT2D eigenvalue weighted by molar-refractivity contribution is 0.0916. The van der Waals surface area contributed by atoms with Gasteiger partial charge in [0.15, 0.2) is 0 Å². The summed E-state index contributed by atoms with van der Waals surface area (Å²) >= 11 is 12.1. The van der Waals surface area contributed by atoms with Gasteiger partial charge in [0.05, 0.1) is 11.1 Å². The number of carbonyl (C=O) groups is 1. The SMILES string of the molecule is O=C(NCC(O)Cc1ccc(Cl)cc1)c1ccc(Oc2ccncc2)c(Cl)c1. The van der Waals surface area contributed by atoms with E-state index in [4.69, 9.17) is 27.9 Å². The zero-order valence-electron chi connectivity index (χ0n) is 14.8. The second kappa shape index (κ2) is 9.55. The molecular formula is C21H18Cl2N2O3. The van der Waals surface area contributed by atoms with Crippen LogP contribution in [-0.4, -0.2) is 28.6 Å². The summed E-state index contributed by atoms with van der Waals surface area (Å²) in [4.78, 5) is 16.2. The summed E-state index contributed by atoms with van der Waals surface area (Å²) in [6, 6.07) is 15.4. The van der Waals surface area contributed by atoms with Crippen LogP contribution in [0.15, 0.2) is 67.0 Å². The molecule has 144 valence electrons. The number of hydrogen-bond acceptors (Lipinski definition) is 4. The second-order valence-corrected chi connectivity index (χ2v) is 6.97. The van der Waals surface area contributed by atoms with Crippen molar-refractivity contribution in [2.75, 3.05) is 6.54 Å². The van der Waals surface area contributed by atoms with Crippen LogP contribution in [0.4, 0.5) is 0 Å². The van der Waals surface area contributed by atoms with E-state index < -0.39 is 6.10 Å². The maximum atomic E-state index is 12.3. The van der Waals surface area contributed by atoms with Crippen molar-refractivity contribution in [1.29, 1.82) is 0 Å². The number of benzene rings is 2. The van der Waals surface area contributed by atoms with E-state index in [-0.39, 0.29) is 12.5 Å². The molecule has 0 aliphatic heterocycles. The van der Waals surface area contributed by atoms with Gasteiger partial charge >= 0.3 is 0 Å². The molecule has 1 atom stereocenters. The second-order valence-electron chi connectivity index (χ2n) is 6.12. The van der Waals surface area contributed by atoms with E-state index in [0.717, 1.165) is 5.56 Å². The van der Waals surface area contributed by atoms with Crippen molar-refractivity contribution in [3.63, 3.8) is 0 Å². The third-order valence-corrected chi connectivity index (χ3v) is 4.50. The van der Waals surface area contributed by atoms with E-state index in [1.165, 1.54) is 6.07 Å². The van der Waals surface area contributed by atoms with Crippen molar-refractivity contribution in [3.05, 3.63) is 88.2 Å². The molecule has 0 saturated carbocycles. The molecule has 5 nitrogen and oxygen atoms in total. The molecule has 0 radical (unpaired) electrons. The Morgan fingerprint density at radius 2 is 1.79 bits per heavy atom. The highest BCUT2D eigenvalue weighted by molar-refractivity contribution is 6.32. The van der Waals surface area contributed by atoms with Gasteiger partial charge in [-0.05, 0) is 48.0 Å². The standard InChI is InChI=1S/C21H18Cl2N2O3/c22-16-4-1-14(2-5-16)11-17(26)13-25-21(27)15-3-6-20(19(23)12-15)28-18-7-9-24-10-8-18/h1-10,12,17,26H,11,13H2,(H,25,27). The van der Waals surface area contributed by atoms with Crippen molar-refractivity contribution < 1.29 is 14.6 Å². The van der Waals surface area contributed by atoms with E-state index in [1.54, 1.807) is 48.8 Å². The van der Waals surface area contributed by atoms with Gasteiger partial charge in [-0.1, -0.05) is 35.3 Å². The molecule has 3 aromatic rings. The fourth-order valence-corrected chi connectivity index (χ4v) is 2.88. The Labute approximate surface area is 172 Å². The minimum absolute atomic E-state index is 0.119. The number of aromatic nitrogens is 1. The Balaban J connectivity index is 1.55. The summed E-state index contributed by atoms with van der Waals surface area (Å²) in [5, 5.41) is 13.8. The molecule has 1 amide bonds. The van der Waals surface area contributed by atoms with Crippen molar-refractivity contribution in [2.24, 2.45) is 0 Å². The molecular weight excluding hydrogens is 399 g/mol. The first-order valence-electron chi connectivity index (χ1n) is 8.59. The molecule has 0 aliphatic carbocycles. The highest BCUT2D eigenvalue weighted by Gasteiger charge is 2.12. The average molecular weight is 417 g/mol. The third-order valence-electron chi connectivity index (χ3n) is 3.95. The lowest BCUT2D eigenvalue weighted by Crippen LogP contribution is -2.33. The lowest BCUT2D eigenvalue weighted by Gasteiger charge is -2.13. The number of hydrogen-bond donors (Lipinski definition) is 2. The summed E-state index contributed by atoms with van der Waals surface area (Å²) in [6.07, 6.45) is 2.92. The van der Waals surface area contributed by atoms with E-state index in [0.29, 0.717) is 33.5 Å². The molecule has 1 unspecified atom stereocenters. The van der Waals surface area contributed by atoms with E-state index >= 15 is 0 Å². The van der Waals surface area contributed by atoms with Crippen molar-refractivity contribution in [3.8, 4) is 11.5 Å². The van der Waals surface area contributed by atoms with Gasteiger partial charge in [-0.15, -0.1) is 0 Å². The molecule has 0 bridgehead atoms. The predicted molar refractivity (Wildman–Crippen MR) is 109 cm³/mol. The van der Waals surface area contributed by atoms with Crippen LogP contribution < -0.4 is 10.1 Å². The molecule has 2 N–H and O–H groups in total. The van der Waals surface area contributed by atoms with Gasteiger partial charge in [0, 0.05) is 35.9 Å². The van der Waals surface area contributed by atoms with Crippen LogP contribution in [0, 0.1) is 0 Å². The van der Waals surface area contributed by atoms with Crippen molar-refractivity contribution >= 4 is 29.1 Å². The molecule has 2 aromatic carbocycles. The van der Waals surface area contributed by atoms with Gasteiger partial charge in [0.1, 0.15) is 11.5 Å². The van der Waals surface area contributed by atoms with Crippen LogP contribution in [0.3, 0.4) is 0 Å². The molecule has 3 rings (SSSR count). The Morgan fingerprint density at radius 3 is 2.46 bits per heavy atom. The monoisotopic (exact) mass is 416 g/mol. The minimum atomic E-state index is -0.713. The Kier molecular flexibility index (Phi) is 6.87. The van der Waals surface area contributed by atoms with Crippen LogP contribution in [0.2, 0.25) is 10.0 Å². The van der Waals surface area contributed by atoms with Gasteiger partial charge in [-0.25, -0.2) is 0 Å². The fourth-order valence-electron chi connectivity index (χ4n) is 2.54. The van der Waals surface area contributed by atoms with Crippen LogP contribution >= 0.6 is 23.2 Å². The highest BCUT2D eigenvalue weighted by atomic mass is 35.5. The summed E-state index contributed by atoms with van der Waals surface area (Å²) in [6.45, 7) is 0.119. The highest BCUT2D eigenvalue weighted by Crippen LogP contribution is 2.29. The quantitative estimate of drug-likeness (QED) is 0.593. The summed E-state index contributed by atoms with van der Waals surface area (Å²) in [7, 11) is 0. The fraction of sp³-hybridized carbons (Fsp3) is 0.143. The van der Waals surface area contributed by atoms with Gasteiger partial charge in [0.25, 0.3) is 5.91 Å². The smallest absolute Gasteiger partial charge is 0.251 e. The zero-order valence-corrected chi connectivity index (χ0v) is 16.3. The van der Waals surface area contributed by atoms with Gasteiger partial charge in [-0.2, -0.15) is 0 Å². The zero-order chi connectivity index (χ0) is 19.9. The molecule has 0 fully saturated rings. The van der Waals surface area contributed by atoms with Gasteiger partial charge in [0.2, 0.25) is 0 Å². The first-order valence-corrected chi connectivity index (χ1v) is 9.35. The summed E-state index contributed by atoms with van der Waals surface area (Å²) in [5.74, 6) is 0.708. The number of nitrogens with zero attached hydrogens (tertiary/aromatic N) is 1. The Hall–Kier alpha value is -2.60. The van der Waals surface area contributed by atoms with Crippen molar-refractivity contribution in [1.82, 2.24) is 10.3 Å². The van der Waals surface area contributed by atoms with E-state index in [9.17, 15) is 9.90 Å². The van der Waals surface area contributed by atoms with Gasteiger partial charge in [-0.3, -0.25) is 9.78 Å². The average Bonchev–Trinajstić information content (AvgIpc) is 2.70. The molecule has 7 heteroatoms. The summed E-state index contributed by atoms with van der Waals surface area (Å²) < 4.78 is 5.66. The van der Waals surface area contributed by atoms with Crippen LogP contribution in [0.25, 0.3) is 0 Å². The largest absolute Gasteiger partial charge is 0.456 e. The minimum Gasteiger partial charge on any atom is -0.456 e. The number of rotatable bonds is 7. The predicted octanol–water partition coefficient (Wildman–Crippen LogP) is 4.51. The maximum absolute atomic E-state index is 12.3. The normalized spacial score (nSPS) is 11.7. The van der Waals surface area contributed by atoms with Crippen LogP contribution in [0.5, 0.6) is 11.5 Å². The van der Waals surface area contributed by atoms with Crippen molar-refractivity contribution in [2.45, 2.75) is 12.5 Å². The molecule has 0 spiro atoms. The number of carbonyl (C=O) groups excluding carboxylic acids is 1. The van der Waals surface area contributed by atoms with Gasteiger partial charge < -0.3 is 15.2 Å². The number of halogens is 2. The molecule has 28 heavy (non-hydrogen) atoms.